The summed E-state index contributed by atoms with van der Waals surface area (Å²) in [5.74, 6) is 0.913. The summed E-state index contributed by atoms with van der Waals surface area (Å²) in [5.41, 5.74) is 1.20. The highest BCUT2D eigenvalue weighted by molar-refractivity contribution is 9.10. The molecule has 0 saturated carbocycles. The van der Waals surface area contributed by atoms with Crippen LogP contribution in [0.1, 0.15) is 15.9 Å². The van der Waals surface area contributed by atoms with Crippen LogP contribution in [0.15, 0.2) is 34.8 Å². The maximum atomic E-state index is 12.5. The van der Waals surface area contributed by atoms with Crippen molar-refractivity contribution in [2.75, 3.05) is 21.3 Å². The number of carbonyl (C=O) groups excluding carboxylic acids is 1. The molecule has 0 aromatic heterocycles. The molecule has 5 nitrogen and oxygen atoms in total. The van der Waals surface area contributed by atoms with Gasteiger partial charge in [0.2, 0.25) is 5.75 Å². The Hall–Kier alpha value is -1.92. The van der Waals surface area contributed by atoms with Crippen LogP contribution in [-0.2, 0) is 6.54 Å². The van der Waals surface area contributed by atoms with Crippen molar-refractivity contribution in [2.24, 2.45) is 0 Å². The van der Waals surface area contributed by atoms with Gasteiger partial charge in [-0.25, -0.2) is 0 Å². The van der Waals surface area contributed by atoms with Crippen LogP contribution in [0.25, 0.3) is 0 Å². The van der Waals surface area contributed by atoms with Crippen molar-refractivity contribution >= 4 is 33.4 Å². The molecular weight excluding hydrogens is 398 g/mol. The van der Waals surface area contributed by atoms with Gasteiger partial charge in [-0.2, -0.15) is 0 Å². The zero-order chi connectivity index (χ0) is 17.7. The molecule has 0 spiro atoms. The summed E-state index contributed by atoms with van der Waals surface area (Å²) in [4.78, 5) is 12.5. The van der Waals surface area contributed by atoms with E-state index >= 15 is 0 Å². The Morgan fingerprint density at radius 1 is 1.12 bits per heavy atom. The van der Waals surface area contributed by atoms with Crippen molar-refractivity contribution in [3.63, 3.8) is 0 Å². The van der Waals surface area contributed by atoms with Crippen LogP contribution in [-0.4, -0.2) is 27.2 Å². The molecule has 0 fully saturated rings. The summed E-state index contributed by atoms with van der Waals surface area (Å²) in [5, 5.41) is 3.43. The number of halogens is 2. The molecule has 0 heterocycles. The van der Waals surface area contributed by atoms with Crippen LogP contribution in [0.4, 0.5) is 0 Å². The summed E-state index contributed by atoms with van der Waals surface area (Å²) in [6.07, 6.45) is 0. The molecule has 2 aromatic carbocycles. The predicted octanol–water partition coefficient (Wildman–Crippen LogP) is 4.06. The summed E-state index contributed by atoms with van der Waals surface area (Å²) >= 11 is 9.49. The van der Waals surface area contributed by atoms with E-state index in [4.69, 9.17) is 25.8 Å². The highest BCUT2D eigenvalue weighted by atomic mass is 79.9. The van der Waals surface area contributed by atoms with Gasteiger partial charge in [-0.15, -0.1) is 0 Å². The summed E-state index contributed by atoms with van der Waals surface area (Å²) in [6.45, 7) is 0.307. The van der Waals surface area contributed by atoms with E-state index in [1.54, 1.807) is 12.1 Å². The number of ether oxygens (including phenoxy) is 3. The lowest BCUT2D eigenvalue weighted by molar-refractivity contribution is 0.0949. The van der Waals surface area contributed by atoms with E-state index in [0.717, 1.165) is 5.56 Å². The Bertz CT molecular complexity index is 752. The van der Waals surface area contributed by atoms with E-state index in [1.165, 1.54) is 21.3 Å². The number of carbonyl (C=O) groups is 1. The quantitative estimate of drug-likeness (QED) is 0.774. The van der Waals surface area contributed by atoms with E-state index in [1.807, 2.05) is 18.2 Å². The molecule has 0 unspecified atom stereocenters. The van der Waals surface area contributed by atoms with Gasteiger partial charge in [0, 0.05) is 11.6 Å². The van der Waals surface area contributed by atoms with Gasteiger partial charge < -0.3 is 19.5 Å². The molecule has 0 radical (unpaired) electrons. The standard InChI is InChI=1S/C17H17BrClNO4/c1-22-13-8-11(14(18)16(24-3)15(13)23-2)17(21)20-9-10-6-4-5-7-12(10)19/h4-8H,9H2,1-3H3,(H,20,21). The summed E-state index contributed by atoms with van der Waals surface area (Å²) < 4.78 is 16.4. The molecule has 0 atom stereocenters. The number of amides is 1. The van der Waals surface area contributed by atoms with Crippen LogP contribution in [0.3, 0.4) is 0 Å². The Morgan fingerprint density at radius 2 is 1.79 bits per heavy atom. The van der Waals surface area contributed by atoms with Gasteiger partial charge in [0.15, 0.2) is 11.5 Å². The van der Waals surface area contributed by atoms with Gasteiger partial charge in [0.05, 0.1) is 31.4 Å². The number of benzene rings is 2. The van der Waals surface area contributed by atoms with Crippen molar-refractivity contribution in [1.82, 2.24) is 5.32 Å². The SMILES string of the molecule is COc1cc(C(=O)NCc2ccccc2Cl)c(Br)c(OC)c1OC. The second-order valence-corrected chi connectivity index (χ2v) is 5.98. The second kappa shape index (κ2) is 8.26. The van der Waals surface area contributed by atoms with Gasteiger partial charge in [-0.1, -0.05) is 29.8 Å². The molecule has 24 heavy (non-hydrogen) atoms. The molecule has 2 aromatic rings. The fraction of sp³-hybridized carbons (Fsp3) is 0.235. The molecule has 1 amide bonds. The first kappa shape index (κ1) is 18.4. The maximum absolute atomic E-state index is 12.5. The average Bonchev–Trinajstić information content (AvgIpc) is 2.60. The van der Waals surface area contributed by atoms with E-state index in [2.05, 4.69) is 21.2 Å². The lowest BCUT2D eigenvalue weighted by atomic mass is 10.1. The van der Waals surface area contributed by atoms with Gasteiger partial charge in [-0.05, 0) is 33.6 Å². The van der Waals surface area contributed by atoms with E-state index in [-0.39, 0.29) is 5.91 Å². The van der Waals surface area contributed by atoms with Crippen LogP contribution in [0, 0.1) is 0 Å². The first-order chi connectivity index (χ1) is 11.5. The molecule has 0 aliphatic rings. The molecule has 0 aliphatic carbocycles. The smallest absolute Gasteiger partial charge is 0.252 e. The van der Waals surface area contributed by atoms with Crippen LogP contribution in [0.5, 0.6) is 17.2 Å². The Kier molecular flexibility index (Phi) is 6.34. The number of hydrogen-bond donors (Lipinski definition) is 1. The van der Waals surface area contributed by atoms with Gasteiger partial charge in [0.1, 0.15) is 0 Å². The molecular formula is C17H17BrClNO4. The fourth-order valence-electron chi connectivity index (χ4n) is 2.20. The zero-order valence-electron chi connectivity index (χ0n) is 13.5. The third-order valence-corrected chi connectivity index (χ3v) is 4.57. The number of rotatable bonds is 6. The number of hydrogen-bond acceptors (Lipinski definition) is 4. The van der Waals surface area contributed by atoms with Crippen molar-refractivity contribution in [3.05, 3.63) is 51.0 Å². The average molecular weight is 415 g/mol. The van der Waals surface area contributed by atoms with Crippen molar-refractivity contribution in [3.8, 4) is 17.2 Å². The maximum Gasteiger partial charge on any atom is 0.252 e. The molecule has 128 valence electrons. The molecule has 0 bridgehead atoms. The van der Waals surface area contributed by atoms with Crippen molar-refractivity contribution in [2.45, 2.75) is 6.54 Å². The fourth-order valence-corrected chi connectivity index (χ4v) is 3.04. The number of methoxy groups -OCH3 is 3. The first-order valence-corrected chi connectivity index (χ1v) is 8.20. The largest absolute Gasteiger partial charge is 0.493 e. The normalized spacial score (nSPS) is 10.2. The third kappa shape index (κ3) is 3.76. The Morgan fingerprint density at radius 3 is 2.38 bits per heavy atom. The topological polar surface area (TPSA) is 56.8 Å². The van der Waals surface area contributed by atoms with E-state index < -0.39 is 0 Å². The van der Waals surface area contributed by atoms with E-state index in [9.17, 15) is 4.79 Å². The third-order valence-electron chi connectivity index (χ3n) is 3.41. The zero-order valence-corrected chi connectivity index (χ0v) is 15.8. The van der Waals surface area contributed by atoms with Crippen molar-refractivity contribution < 1.29 is 19.0 Å². The minimum Gasteiger partial charge on any atom is -0.493 e. The summed E-state index contributed by atoms with van der Waals surface area (Å²) in [7, 11) is 4.49. The minimum absolute atomic E-state index is 0.291. The highest BCUT2D eigenvalue weighted by Gasteiger charge is 2.22. The van der Waals surface area contributed by atoms with Crippen LogP contribution < -0.4 is 19.5 Å². The van der Waals surface area contributed by atoms with Crippen LogP contribution >= 0.6 is 27.5 Å². The summed E-state index contributed by atoms with van der Waals surface area (Å²) in [6, 6.07) is 8.92. The Balaban J connectivity index is 2.30. The van der Waals surface area contributed by atoms with E-state index in [0.29, 0.717) is 38.9 Å². The molecule has 1 N–H and O–H groups in total. The molecule has 0 saturated heterocycles. The lowest BCUT2D eigenvalue weighted by Gasteiger charge is -2.16. The van der Waals surface area contributed by atoms with Crippen molar-refractivity contribution in [1.29, 1.82) is 0 Å². The monoisotopic (exact) mass is 413 g/mol. The second-order valence-electron chi connectivity index (χ2n) is 4.78. The van der Waals surface area contributed by atoms with Crippen LogP contribution in [0.2, 0.25) is 5.02 Å². The molecule has 0 aliphatic heterocycles. The molecule has 2 rings (SSSR count). The van der Waals surface area contributed by atoms with Gasteiger partial charge >= 0.3 is 0 Å². The minimum atomic E-state index is -0.291. The molecule has 7 heteroatoms. The predicted molar refractivity (Wildman–Crippen MR) is 96.4 cm³/mol. The first-order valence-electron chi connectivity index (χ1n) is 7.03. The highest BCUT2D eigenvalue weighted by Crippen LogP contribution is 2.44. The Labute approximate surface area is 154 Å². The lowest BCUT2D eigenvalue weighted by Crippen LogP contribution is -2.23. The number of nitrogens with one attached hydrogen (secondary N) is 1. The van der Waals surface area contributed by atoms with Gasteiger partial charge in [0.25, 0.3) is 5.91 Å². The van der Waals surface area contributed by atoms with Gasteiger partial charge in [-0.3, -0.25) is 4.79 Å².